The number of hydrogen-bond donors (Lipinski definition) is 0. The van der Waals surface area contributed by atoms with Crippen LogP contribution >= 0.6 is 0 Å². The molecule has 0 N–H and O–H groups in total. The predicted octanol–water partition coefficient (Wildman–Crippen LogP) is 11.2. The van der Waals surface area contributed by atoms with Crippen molar-refractivity contribution in [2.24, 2.45) is 0 Å². The van der Waals surface area contributed by atoms with Gasteiger partial charge in [0.05, 0.1) is 38.3 Å². The zero-order valence-corrected chi connectivity index (χ0v) is 28.1. The van der Waals surface area contributed by atoms with E-state index in [1.165, 1.54) is 27.8 Å². The molecule has 2 unspecified atom stereocenters. The number of hydrogen-bond acceptors (Lipinski definition) is 4. The first-order chi connectivity index (χ1) is 25.5. The molecule has 52 heavy (non-hydrogen) atoms. The van der Waals surface area contributed by atoms with Gasteiger partial charge in [0.2, 0.25) is 10.9 Å². The Balaban J connectivity index is 1.21. The van der Waals surface area contributed by atoms with Crippen LogP contribution in [0.3, 0.4) is 0 Å². The van der Waals surface area contributed by atoms with E-state index >= 15 is 0 Å². The lowest BCUT2D eigenvalue weighted by atomic mass is 9.69. The lowest BCUT2D eigenvalue weighted by molar-refractivity contribution is 0.650. The van der Waals surface area contributed by atoms with Crippen molar-refractivity contribution in [3.05, 3.63) is 183 Å². The van der Waals surface area contributed by atoms with E-state index in [9.17, 15) is 9.59 Å². The number of benzene rings is 7. The van der Waals surface area contributed by atoms with Crippen LogP contribution in [-0.4, -0.2) is 4.57 Å². The fourth-order valence-electron chi connectivity index (χ4n) is 8.82. The van der Waals surface area contributed by atoms with Crippen LogP contribution in [0.2, 0.25) is 0 Å². The summed E-state index contributed by atoms with van der Waals surface area (Å²) >= 11 is 0. The number of aromatic nitrogens is 1. The predicted molar refractivity (Wildman–Crippen MR) is 210 cm³/mol. The van der Waals surface area contributed by atoms with Crippen LogP contribution in [0.1, 0.15) is 35.4 Å². The quantitative estimate of drug-likeness (QED) is 0.172. The molecule has 3 heterocycles. The molecule has 10 aromatic rings. The standard InChI is InChI=1S/C47H29NO4/c1-26-33-22-35-29-15-7-9-19-38(29)48(40(35)23-34(33)28-14-5-6-16-30(28)44(26)27-12-3-2-4-13-27)39-20-11-18-32-46(50)37-24-42-36(25-43(37)52-47(32)39)45(49)31-17-8-10-21-41(31)51-42/h2-26,44H,1H3. The van der Waals surface area contributed by atoms with Crippen LogP contribution in [0.5, 0.6) is 0 Å². The van der Waals surface area contributed by atoms with Gasteiger partial charge in [0.15, 0.2) is 5.58 Å². The van der Waals surface area contributed by atoms with Gasteiger partial charge in [-0.1, -0.05) is 97.9 Å². The highest BCUT2D eigenvalue weighted by molar-refractivity contribution is 6.12. The fraction of sp³-hybridized carbons (Fsp3) is 0.0638. The molecule has 1 aliphatic rings. The minimum Gasteiger partial charge on any atom is -0.456 e. The third-order valence-electron chi connectivity index (χ3n) is 11.2. The number of nitrogens with zero attached hydrogens (tertiary/aromatic N) is 1. The van der Waals surface area contributed by atoms with Gasteiger partial charge in [0.1, 0.15) is 16.7 Å². The van der Waals surface area contributed by atoms with E-state index in [0.717, 1.165) is 27.5 Å². The van der Waals surface area contributed by atoms with Crippen molar-refractivity contribution in [1.29, 1.82) is 0 Å². The number of rotatable bonds is 2. The summed E-state index contributed by atoms with van der Waals surface area (Å²) in [7, 11) is 0. The van der Waals surface area contributed by atoms with Crippen LogP contribution in [0.25, 0.3) is 82.5 Å². The van der Waals surface area contributed by atoms with Crippen LogP contribution in [0, 0.1) is 0 Å². The van der Waals surface area contributed by atoms with Gasteiger partial charge in [0, 0.05) is 16.7 Å². The molecule has 7 aromatic carbocycles. The monoisotopic (exact) mass is 671 g/mol. The summed E-state index contributed by atoms with van der Waals surface area (Å²) in [6, 6.07) is 48.9. The van der Waals surface area contributed by atoms with E-state index in [0.29, 0.717) is 43.9 Å². The summed E-state index contributed by atoms with van der Waals surface area (Å²) < 4.78 is 15.0. The number of para-hydroxylation sites is 3. The number of fused-ring (bicyclic) bond motifs is 10. The molecular weight excluding hydrogens is 643 g/mol. The van der Waals surface area contributed by atoms with Gasteiger partial charge in [-0.05, 0) is 88.3 Å². The van der Waals surface area contributed by atoms with Gasteiger partial charge in [-0.15, -0.1) is 0 Å². The van der Waals surface area contributed by atoms with E-state index < -0.39 is 0 Å². The molecule has 3 aromatic heterocycles. The zero-order chi connectivity index (χ0) is 34.7. The molecule has 0 amide bonds. The third kappa shape index (κ3) is 3.93. The van der Waals surface area contributed by atoms with Gasteiger partial charge >= 0.3 is 0 Å². The summed E-state index contributed by atoms with van der Waals surface area (Å²) in [6.07, 6.45) is 0. The molecule has 0 bridgehead atoms. The molecule has 11 rings (SSSR count). The smallest absolute Gasteiger partial charge is 0.200 e. The van der Waals surface area contributed by atoms with Crippen molar-refractivity contribution < 1.29 is 8.83 Å². The average molecular weight is 672 g/mol. The molecule has 5 nitrogen and oxygen atoms in total. The van der Waals surface area contributed by atoms with Crippen molar-refractivity contribution in [2.45, 2.75) is 18.8 Å². The SMILES string of the molecule is CC1c2cc3c4ccccc4n(-c4cccc5c(=O)c6cc7oc8ccccc8c(=O)c7cc6oc45)c3cc2-c2ccccc2C1c1ccccc1. The lowest BCUT2D eigenvalue weighted by Gasteiger charge is -2.34. The van der Waals surface area contributed by atoms with Crippen molar-refractivity contribution in [3.8, 4) is 16.8 Å². The second kappa shape index (κ2) is 10.6. The topological polar surface area (TPSA) is 65.3 Å². The molecule has 5 heteroatoms. The summed E-state index contributed by atoms with van der Waals surface area (Å²) in [4.78, 5) is 27.8. The molecule has 2 atom stereocenters. The Labute approximate surface area is 296 Å². The second-order valence-electron chi connectivity index (χ2n) is 13.9. The molecule has 0 saturated carbocycles. The third-order valence-corrected chi connectivity index (χ3v) is 11.2. The summed E-state index contributed by atoms with van der Waals surface area (Å²) in [5.41, 5.74) is 10.5. The minimum absolute atomic E-state index is 0.161. The van der Waals surface area contributed by atoms with Crippen molar-refractivity contribution in [3.63, 3.8) is 0 Å². The minimum atomic E-state index is -0.177. The highest BCUT2D eigenvalue weighted by Crippen LogP contribution is 2.51. The zero-order valence-electron chi connectivity index (χ0n) is 28.1. The van der Waals surface area contributed by atoms with E-state index in [1.807, 2.05) is 36.4 Å². The molecule has 0 fully saturated rings. The highest BCUT2D eigenvalue weighted by atomic mass is 16.3. The lowest BCUT2D eigenvalue weighted by Crippen LogP contribution is -2.17. The Hall–Kier alpha value is -6.72. The van der Waals surface area contributed by atoms with Gasteiger partial charge in [-0.3, -0.25) is 9.59 Å². The Kier molecular flexibility index (Phi) is 5.95. The van der Waals surface area contributed by atoms with E-state index in [1.54, 1.807) is 24.3 Å². The Morgan fingerprint density at radius 2 is 1.15 bits per heavy atom. The van der Waals surface area contributed by atoms with Crippen LogP contribution < -0.4 is 10.9 Å². The average Bonchev–Trinajstić information content (AvgIpc) is 3.51. The maximum Gasteiger partial charge on any atom is 0.200 e. The Morgan fingerprint density at radius 3 is 2.00 bits per heavy atom. The van der Waals surface area contributed by atoms with Crippen LogP contribution in [0.15, 0.2) is 164 Å². The molecule has 0 saturated heterocycles. The van der Waals surface area contributed by atoms with Gasteiger partial charge in [-0.25, -0.2) is 0 Å². The summed E-state index contributed by atoms with van der Waals surface area (Å²) in [5, 5.41) is 3.95. The molecule has 0 aliphatic heterocycles. The first kappa shape index (κ1) is 29.1. The van der Waals surface area contributed by atoms with Crippen molar-refractivity contribution in [2.75, 3.05) is 0 Å². The Bertz CT molecular complexity index is 3260. The van der Waals surface area contributed by atoms with E-state index in [2.05, 4.69) is 96.4 Å². The summed E-state index contributed by atoms with van der Waals surface area (Å²) in [5.74, 6) is 0.471. The first-order valence-electron chi connectivity index (χ1n) is 17.6. The molecule has 1 aliphatic carbocycles. The highest BCUT2D eigenvalue weighted by Gasteiger charge is 2.33. The van der Waals surface area contributed by atoms with E-state index in [-0.39, 0.29) is 22.7 Å². The van der Waals surface area contributed by atoms with Crippen molar-refractivity contribution >= 4 is 65.7 Å². The maximum absolute atomic E-state index is 14.3. The molecule has 0 radical (unpaired) electrons. The summed E-state index contributed by atoms with van der Waals surface area (Å²) in [6.45, 7) is 2.34. The van der Waals surface area contributed by atoms with Crippen molar-refractivity contribution in [1.82, 2.24) is 4.57 Å². The maximum atomic E-state index is 14.3. The second-order valence-corrected chi connectivity index (χ2v) is 13.9. The largest absolute Gasteiger partial charge is 0.456 e. The fourth-order valence-corrected chi connectivity index (χ4v) is 8.82. The molecule has 0 spiro atoms. The van der Waals surface area contributed by atoms with Crippen LogP contribution in [0.4, 0.5) is 0 Å². The van der Waals surface area contributed by atoms with Gasteiger partial charge < -0.3 is 13.4 Å². The molecule has 246 valence electrons. The molecular formula is C47H29NO4. The van der Waals surface area contributed by atoms with Gasteiger partial charge in [0.25, 0.3) is 0 Å². The van der Waals surface area contributed by atoms with Gasteiger partial charge in [-0.2, -0.15) is 0 Å². The van der Waals surface area contributed by atoms with Crippen LogP contribution in [-0.2, 0) is 0 Å². The normalized spacial score (nSPS) is 15.6. The Morgan fingerprint density at radius 1 is 0.481 bits per heavy atom. The first-order valence-corrected chi connectivity index (χ1v) is 17.6. The van der Waals surface area contributed by atoms with E-state index in [4.69, 9.17) is 8.83 Å².